The molecule has 0 aliphatic carbocycles. The van der Waals surface area contributed by atoms with Gasteiger partial charge in [0.05, 0.1) is 17.3 Å². The fourth-order valence-electron chi connectivity index (χ4n) is 1.59. The highest BCUT2D eigenvalue weighted by Crippen LogP contribution is 2.26. The van der Waals surface area contributed by atoms with E-state index in [0.29, 0.717) is 17.3 Å². The Morgan fingerprint density at radius 3 is 2.62 bits per heavy atom. The largest absolute Gasteiger partial charge is 0.446 e. The lowest BCUT2D eigenvalue weighted by molar-refractivity contribution is 0.402. The molecule has 1 aromatic heterocycles. The number of benzene rings is 1. The van der Waals surface area contributed by atoms with Crippen LogP contribution in [0.1, 0.15) is 5.76 Å². The summed E-state index contributed by atoms with van der Waals surface area (Å²) >= 11 is 9.42. The average molecular weight is 394 g/mol. The van der Waals surface area contributed by atoms with Crippen molar-refractivity contribution in [3.63, 3.8) is 0 Å². The number of hydrogen-bond acceptors (Lipinski definition) is 4. The lowest BCUT2D eigenvalue weighted by Gasteiger charge is -2.09. The van der Waals surface area contributed by atoms with Gasteiger partial charge in [-0.2, -0.15) is 0 Å². The van der Waals surface area contributed by atoms with Crippen LogP contribution in [-0.4, -0.2) is 26.8 Å². The summed E-state index contributed by atoms with van der Waals surface area (Å²) in [5.74, 6) is 0.509. The van der Waals surface area contributed by atoms with Crippen LogP contribution in [0.25, 0.3) is 0 Å². The number of anilines is 1. The summed E-state index contributed by atoms with van der Waals surface area (Å²) in [6.45, 7) is 0.338. The second-order valence-electron chi connectivity index (χ2n) is 4.49. The van der Waals surface area contributed by atoms with Gasteiger partial charge in [0.25, 0.3) is 10.0 Å². The van der Waals surface area contributed by atoms with Crippen LogP contribution in [0.3, 0.4) is 0 Å². The van der Waals surface area contributed by atoms with Gasteiger partial charge in [-0.3, -0.25) is 0 Å². The zero-order valence-electron chi connectivity index (χ0n) is 11.4. The van der Waals surface area contributed by atoms with Crippen molar-refractivity contribution < 1.29 is 12.8 Å². The number of nitrogens with zero attached hydrogens (tertiary/aromatic N) is 1. The molecule has 0 aliphatic heterocycles. The van der Waals surface area contributed by atoms with Crippen LogP contribution in [0.15, 0.2) is 44.3 Å². The van der Waals surface area contributed by atoms with E-state index in [-0.39, 0.29) is 5.09 Å². The topological polar surface area (TPSA) is 62.6 Å². The summed E-state index contributed by atoms with van der Waals surface area (Å²) in [6, 6.07) is 8.52. The standard InChI is InChI=1S/C13H14BrClN2O3S/c1-17(2)21(18,19)13-6-4-10(20-13)8-16-12-5-3-9(14)7-11(12)15/h3-7,16H,8H2,1-2H3. The maximum absolute atomic E-state index is 11.9. The molecule has 8 heteroatoms. The maximum Gasteiger partial charge on any atom is 0.275 e. The Balaban J connectivity index is 2.10. The van der Waals surface area contributed by atoms with E-state index < -0.39 is 10.0 Å². The Bertz CT molecular complexity index is 744. The summed E-state index contributed by atoms with van der Waals surface area (Å²) in [6.07, 6.45) is 0. The lowest BCUT2D eigenvalue weighted by atomic mass is 10.3. The second kappa shape index (κ2) is 6.39. The van der Waals surface area contributed by atoms with Gasteiger partial charge in [-0.05, 0) is 30.3 Å². The first-order chi connectivity index (χ1) is 9.80. The predicted molar refractivity (Wildman–Crippen MR) is 86.1 cm³/mol. The van der Waals surface area contributed by atoms with E-state index in [1.54, 1.807) is 12.1 Å². The lowest BCUT2D eigenvalue weighted by Crippen LogP contribution is -2.21. The van der Waals surface area contributed by atoms with E-state index in [4.69, 9.17) is 16.0 Å². The molecule has 0 unspecified atom stereocenters. The summed E-state index contributed by atoms with van der Waals surface area (Å²) in [4.78, 5) is 0. The molecule has 0 bridgehead atoms. The molecule has 0 fully saturated rings. The van der Waals surface area contributed by atoms with Crippen LogP contribution in [0.2, 0.25) is 5.02 Å². The second-order valence-corrected chi connectivity index (χ2v) is 7.89. The SMILES string of the molecule is CN(C)S(=O)(=O)c1ccc(CNc2ccc(Br)cc2Cl)o1. The Kier molecular flexibility index (Phi) is 4.98. The molecule has 5 nitrogen and oxygen atoms in total. The molecule has 0 amide bonds. The first kappa shape index (κ1) is 16.4. The molecular formula is C13H14BrClN2O3S. The molecule has 0 aliphatic rings. The van der Waals surface area contributed by atoms with Crippen molar-refractivity contribution in [3.8, 4) is 0 Å². The third-order valence-corrected chi connectivity index (χ3v) is 5.25. The van der Waals surface area contributed by atoms with E-state index in [2.05, 4.69) is 21.2 Å². The number of sulfonamides is 1. The Morgan fingerprint density at radius 1 is 1.29 bits per heavy atom. The molecule has 2 rings (SSSR count). The van der Waals surface area contributed by atoms with E-state index in [9.17, 15) is 8.42 Å². The first-order valence-electron chi connectivity index (χ1n) is 6.01. The van der Waals surface area contributed by atoms with Crippen LogP contribution in [0.5, 0.6) is 0 Å². The summed E-state index contributed by atoms with van der Waals surface area (Å²) in [5, 5.41) is 3.58. The number of nitrogens with one attached hydrogen (secondary N) is 1. The Morgan fingerprint density at radius 2 is 2.00 bits per heavy atom. The molecule has 21 heavy (non-hydrogen) atoms. The van der Waals surface area contributed by atoms with E-state index >= 15 is 0 Å². The fraction of sp³-hybridized carbons (Fsp3) is 0.231. The molecule has 1 aromatic carbocycles. The van der Waals surface area contributed by atoms with Crippen molar-refractivity contribution in [3.05, 3.63) is 45.6 Å². The molecule has 0 spiro atoms. The highest BCUT2D eigenvalue weighted by Gasteiger charge is 2.21. The molecule has 2 aromatic rings. The summed E-state index contributed by atoms with van der Waals surface area (Å²) in [7, 11) is -0.635. The van der Waals surface area contributed by atoms with Crippen molar-refractivity contribution in [1.82, 2.24) is 4.31 Å². The smallest absolute Gasteiger partial charge is 0.275 e. The minimum atomic E-state index is -3.55. The first-order valence-corrected chi connectivity index (χ1v) is 8.62. The normalized spacial score (nSPS) is 11.9. The number of rotatable bonds is 5. The Hall–Kier alpha value is -1.02. The van der Waals surface area contributed by atoms with E-state index in [0.717, 1.165) is 14.5 Å². The maximum atomic E-state index is 11.9. The molecule has 0 saturated carbocycles. The molecular weight excluding hydrogens is 380 g/mol. The number of furan rings is 1. The zero-order chi connectivity index (χ0) is 15.6. The number of halogens is 2. The van der Waals surface area contributed by atoms with Gasteiger partial charge in [-0.15, -0.1) is 0 Å². The van der Waals surface area contributed by atoms with Gasteiger partial charge >= 0.3 is 0 Å². The van der Waals surface area contributed by atoms with E-state index in [1.165, 1.54) is 20.2 Å². The van der Waals surface area contributed by atoms with Gasteiger partial charge in [0.1, 0.15) is 5.76 Å². The minimum absolute atomic E-state index is 0.0776. The van der Waals surface area contributed by atoms with Crippen molar-refractivity contribution >= 4 is 43.2 Å². The van der Waals surface area contributed by atoms with Gasteiger partial charge in [0, 0.05) is 18.6 Å². The third-order valence-electron chi connectivity index (χ3n) is 2.76. The molecule has 1 heterocycles. The van der Waals surface area contributed by atoms with Gasteiger partial charge in [-0.25, -0.2) is 12.7 Å². The van der Waals surface area contributed by atoms with Gasteiger partial charge in [-0.1, -0.05) is 27.5 Å². The van der Waals surface area contributed by atoms with Crippen LogP contribution in [-0.2, 0) is 16.6 Å². The van der Waals surface area contributed by atoms with Crippen molar-refractivity contribution in [2.45, 2.75) is 11.6 Å². The van der Waals surface area contributed by atoms with Crippen LogP contribution >= 0.6 is 27.5 Å². The van der Waals surface area contributed by atoms with Gasteiger partial charge in [0.2, 0.25) is 5.09 Å². The van der Waals surface area contributed by atoms with Crippen molar-refractivity contribution in [2.75, 3.05) is 19.4 Å². The monoisotopic (exact) mass is 392 g/mol. The van der Waals surface area contributed by atoms with Crippen LogP contribution in [0.4, 0.5) is 5.69 Å². The van der Waals surface area contributed by atoms with Crippen molar-refractivity contribution in [2.24, 2.45) is 0 Å². The van der Waals surface area contributed by atoms with Crippen LogP contribution < -0.4 is 5.32 Å². The highest BCUT2D eigenvalue weighted by molar-refractivity contribution is 9.10. The molecule has 1 N–H and O–H groups in total. The van der Waals surface area contributed by atoms with E-state index in [1.807, 2.05) is 12.1 Å². The molecule has 0 radical (unpaired) electrons. The quantitative estimate of drug-likeness (QED) is 0.844. The summed E-state index contributed by atoms with van der Waals surface area (Å²) in [5.41, 5.74) is 0.744. The zero-order valence-corrected chi connectivity index (χ0v) is 14.6. The predicted octanol–water partition coefficient (Wildman–Crippen LogP) is 3.56. The van der Waals surface area contributed by atoms with Gasteiger partial charge < -0.3 is 9.73 Å². The molecule has 0 saturated heterocycles. The summed E-state index contributed by atoms with van der Waals surface area (Å²) < 4.78 is 31.1. The third kappa shape index (κ3) is 3.79. The fourth-order valence-corrected chi connectivity index (χ4v) is 3.14. The average Bonchev–Trinajstić information content (AvgIpc) is 2.87. The van der Waals surface area contributed by atoms with Gasteiger partial charge in [0.15, 0.2) is 0 Å². The van der Waals surface area contributed by atoms with Crippen LogP contribution in [0, 0.1) is 0 Å². The van der Waals surface area contributed by atoms with Crippen molar-refractivity contribution in [1.29, 1.82) is 0 Å². The molecule has 0 atom stereocenters. The minimum Gasteiger partial charge on any atom is -0.446 e. The number of hydrogen-bond donors (Lipinski definition) is 1. The molecule has 114 valence electrons. The highest BCUT2D eigenvalue weighted by atomic mass is 79.9. The Labute approximate surface area is 137 Å².